The Bertz CT molecular complexity index is 737. The van der Waals surface area contributed by atoms with E-state index < -0.39 is 10.8 Å². The van der Waals surface area contributed by atoms with E-state index in [-0.39, 0.29) is 16.3 Å². The van der Waals surface area contributed by atoms with Crippen LogP contribution in [0.4, 0.5) is 11.4 Å². The Morgan fingerprint density at radius 2 is 1.86 bits per heavy atom. The van der Waals surface area contributed by atoms with Gasteiger partial charge in [-0.15, -0.1) is 0 Å². The number of rotatable bonds is 3. The number of hydrogen-bond acceptors (Lipinski definition) is 3. The van der Waals surface area contributed by atoms with Crippen LogP contribution in [0.5, 0.6) is 0 Å². The van der Waals surface area contributed by atoms with Crippen molar-refractivity contribution >= 4 is 56.4 Å². The molecule has 0 atom stereocenters. The quantitative estimate of drug-likeness (QED) is 0.598. The van der Waals surface area contributed by atoms with Crippen molar-refractivity contribution in [3.05, 3.63) is 66.6 Å². The number of nitro groups is 1. The molecule has 2 aromatic carbocycles. The summed E-state index contributed by atoms with van der Waals surface area (Å²) in [4.78, 5) is 22.1. The Kier molecular flexibility index (Phi) is 4.82. The third-order valence-electron chi connectivity index (χ3n) is 2.59. The highest BCUT2D eigenvalue weighted by atomic mass is 79.9. The highest BCUT2D eigenvalue weighted by Crippen LogP contribution is 2.27. The van der Waals surface area contributed by atoms with Crippen LogP contribution in [-0.2, 0) is 0 Å². The van der Waals surface area contributed by atoms with Gasteiger partial charge in [-0.1, -0.05) is 23.2 Å². The lowest BCUT2D eigenvalue weighted by Gasteiger charge is -2.07. The minimum Gasteiger partial charge on any atom is -0.322 e. The summed E-state index contributed by atoms with van der Waals surface area (Å²) < 4.78 is 0.704. The van der Waals surface area contributed by atoms with Gasteiger partial charge >= 0.3 is 0 Å². The van der Waals surface area contributed by atoms with Crippen molar-refractivity contribution in [3.8, 4) is 0 Å². The lowest BCUT2D eigenvalue weighted by atomic mass is 10.2. The largest absolute Gasteiger partial charge is 0.322 e. The molecule has 5 nitrogen and oxygen atoms in total. The highest BCUT2D eigenvalue weighted by Gasteiger charge is 2.15. The molecule has 0 bridgehead atoms. The molecular weight excluding hydrogens is 383 g/mol. The molecule has 2 aromatic rings. The van der Waals surface area contributed by atoms with Crippen LogP contribution < -0.4 is 5.32 Å². The van der Waals surface area contributed by atoms with E-state index in [1.54, 1.807) is 18.2 Å². The Morgan fingerprint density at radius 3 is 2.43 bits per heavy atom. The number of non-ortho nitro benzene ring substituents is 1. The highest BCUT2D eigenvalue weighted by molar-refractivity contribution is 9.10. The summed E-state index contributed by atoms with van der Waals surface area (Å²) in [6.45, 7) is 0. The van der Waals surface area contributed by atoms with Gasteiger partial charge in [-0.05, 0) is 40.2 Å². The van der Waals surface area contributed by atoms with E-state index in [9.17, 15) is 14.9 Å². The smallest absolute Gasteiger partial charge is 0.270 e. The number of halogens is 3. The minimum absolute atomic E-state index is 0.00455. The average molecular weight is 390 g/mol. The second-order valence-electron chi connectivity index (χ2n) is 4.00. The number of nitrogens with zero attached hydrogens (tertiary/aromatic N) is 1. The van der Waals surface area contributed by atoms with E-state index in [0.717, 1.165) is 6.07 Å². The molecular formula is C13H7BrCl2N2O3. The summed E-state index contributed by atoms with van der Waals surface area (Å²) in [5, 5.41) is 13.7. The second kappa shape index (κ2) is 6.43. The number of benzene rings is 2. The molecule has 0 saturated heterocycles. The number of carbonyl (C=O) groups excluding carboxylic acids is 1. The number of nitrogens with one attached hydrogen (secondary N) is 1. The lowest BCUT2D eigenvalue weighted by Crippen LogP contribution is -2.12. The van der Waals surface area contributed by atoms with Crippen molar-refractivity contribution in [3.63, 3.8) is 0 Å². The van der Waals surface area contributed by atoms with Gasteiger partial charge in [-0.2, -0.15) is 0 Å². The van der Waals surface area contributed by atoms with Crippen LogP contribution in [0.2, 0.25) is 10.0 Å². The Morgan fingerprint density at radius 1 is 1.14 bits per heavy atom. The lowest BCUT2D eigenvalue weighted by molar-refractivity contribution is -0.384. The van der Waals surface area contributed by atoms with Crippen LogP contribution >= 0.6 is 39.1 Å². The maximum atomic E-state index is 12.1. The molecule has 0 saturated carbocycles. The number of carbonyl (C=O) groups is 1. The van der Waals surface area contributed by atoms with Crippen molar-refractivity contribution < 1.29 is 9.72 Å². The van der Waals surface area contributed by atoms with Crippen molar-refractivity contribution in [2.24, 2.45) is 0 Å². The van der Waals surface area contributed by atoms with Gasteiger partial charge in [-0.25, -0.2) is 0 Å². The van der Waals surface area contributed by atoms with Crippen molar-refractivity contribution in [1.29, 1.82) is 0 Å². The molecule has 0 aromatic heterocycles. The van der Waals surface area contributed by atoms with Gasteiger partial charge in [-0.3, -0.25) is 14.9 Å². The normalized spacial score (nSPS) is 10.2. The summed E-state index contributed by atoms with van der Waals surface area (Å²) >= 11 is 15.1. The zero-order valence-corrected chi connectivity index (χ0v) is 13.4. The fourth-order valence-corrected chi connectivity index (χ4v) is 2.26. The molecule has 2 rings (SSSR count). The monoisotopic (exact) mass is 388 g/mol. The summed E-state index contributed by atoms with van der Waals surface area (Å²) in [5.41, 5.74) is 0.451. The van der Waals surface area contributed by atoms with Crippen LogP contribution in [-0.4, -0.2) is 10.8 Å². The molecule has 0 unspecified atom stereocenters. The van der Waals surface area contributed by atoms with Gasteiger partial charge < -0.3 is 5.32 Å². The predicted octanol–water partition coefficient (Wildman–Crippen LogP) is 4.92. The topological polar surface area (TPSA) is 72.2 Å². The number of anilines is 1. The molecule has 1 N–H and O–H groups in total. The molecule has 0 aliphatic rings. The standard InChI is InChI=1S/C13H7BrCl2N2O3/c14-10-4-1-7(5-12(10)16)17-13(19)9-3-2-8(18(20)21)6-11(9)15/h1-6H,(H,17,19). The maximum Gasteiger partial charge on any atom is 0.270 e. The maximum absolute atomic E-state index is 12.1. The predicted molar refractivity (Wildman–Crippen MR) is 85.2 cm³/mol. The first-order chi connectivity index (χ1) is 9.88. The van der Waals surface area contributed by atoms with Gasteiger partial charge in [0, 0.05) is 22.3 Å². The summed E-state index contributed by atoms with van der Waals surface area (Å²) in [6, 6.07) is 8.57. The third-order valence-corrected chi connectivity index (χ3v) is 4.13. The first kappa shape index (κ1) is 15.8. The number of hydrogen-bond donors (Lipinski definition) is 1. The molecule has 8 heteroatoms. The van der Waals surface area contributed by atoms with E-state index in [2.05, 4.69) is 21.2 Å². The number of nitro benzene ring substituents is 1. The first-order valence-electron chi connectivity index (χ1n) is 5.59. The van der Waals surface area contributed by atoms with Gasteiger partial charge in [0.05, 0.1) is 20.5 Å². The molecule has 0 spiro atoms. The van der Waals surface area contributed by atoms with E-state index in [4.69, 9.17) is 23.2 Å². The minimum atomic E-state index is -0.581. The van der Waals surface area contributed by atoms with Crippen molar-refractivity contribution in [2.75, 3.05) is 5.32 Å². The molecule has 0 radical (unpaired) electrons. The van der Waals surface area contributed by atoms with Crippen LogP contribution in [0.15, 0.2) is 40.9 Å². The van der Waals surface area contributed by atoms with Gasteiger partial charge in [0.15, 0.2) is 0 Å². The van der Waals surface area contributed by atoms with E-state index >= 15 is 0 Å². The summed E-state index contributed by atoms with van der Waals surface area (Å²) in [5.74, 6) is -0.478. The van der Waals surface area contributed by atoms with Crippen molar-refractivity contribution in [1.82, 2.24) is 0 Å². The molecule has 21 heavy (non-hydrogen) atoms. The van der Waals surface area contributed by atoms with Crippen LogP contribution in [0.1, 0.15) is 10.4 Å². The summed E-state index contributed by atoms with van der Waals surface area (Å²) in [7, 11) is 0. The van der Waals surface area contributed by atoms with Gasteiger partial charge in [0.25, 0.3) is 11.6 Å². The van der Waals surface area contributed by atoms with Crippen LogP contribution in [0.25, 0.3) is 0 Å². The van der Waals surface area contributed by atoms with Gasteiger partial charge in [0.1, 0.15) is 0 Å². The third kappa shape index (κ3) is 3.72. The second-order valence-corrected chi connectivity index (χ2v) is 5.67. The SMILES string of the molecule is O=C(Nc1ccc(Br)c(Cl)c1)c1ccc([N+](=O)[O-])cc1Cl. The number of amides is 1. The molecule has 0 fully saturated rings. The van der Waals surface area contributed by atoms with Crippen molar-refractivity contribution in [2.45, 2.75) is 0 Å². The van der Waals surface area contributed by atoms with Gasteiger partial charge in [0.2, 0.25) is 0 Å². The Balaban J connectivity index is 2.24. The zero-order valence-electron chi connectivity index (χ0n) is 10.3. The molecule has 108 valence electrons. The fraction of sp³-hybridized carbons (Fsp3) is 0. The first-order valence-corrected chi connectivity index (χ1v) is 7.13. The average Bonchev–Trinajstić information content (AvgIpc) is 2.42. The summed E-state index contributed by atoms with van der Waals surface area (Å²) in [6.07, 6.45) is 0. The molecule has 0 heterocycles. The van der Waals surface area contributed by atoms with E-state index in [1.165, 1.54) is 12.1 Å². The zero-order chi connectivity index (χ0) is 15.6. The van der Waals surface area contributed by atoms with E-state index in [1.807, 2.05) is 0 Å². The molecule has 1 amide bonds. The molecule has 0 aliphatic carbocycles. The Labute approximate surface area is 138 Å². The fourth-order valence-electron chi connectivity index (χ4n) is 1.57. The Hall–Kier alpha value is -1.63. The van der Waals surface area contributed by atoms with E-state index in [0.29, 0.717) is 15.2 Å². The van der Waals surface area contributed by atoms with Crippen LogP contribution in [0.3, 0.4) is 0 Å². The molecule has 0 aliphatic heterocycles. The van der Waals surface area contributed by atoms with Crippen LogP contribution in [0, 0.1) is 10.1 Å².